The normalized spacial score (nSPS) is 15.4. The van der Waals surface area contributed by atoms with Gasteiger partial charge in [0.15, 0.2) is 6.61 Å². The number of alkyl halides is 3. The van der Waals surface area contributed by atoms with E-state index in [2.05, 4.69) is 37.5 Å². The number of anilines is 2. The maximum Gasteiger partial charge on any atom is 0.422 e. The molecule has 6 bridgehead atoms. The number of benzene rings is 3. The van der Waals surface area contributed by atoms with E-state index in [-0.39, 0.29) is 56.7 Å². The van der Waals surface area contributed by atoms with Crippen LogP contribution in [0.5, 0.6) is 11.8 Å². The summed E-state index contributed by atoms with van der Waals surface area (Å²) in [6, 6.07) is 17.9. The summed E-state index contributed by atoms with van der Waals surface area (Å²) in [5, 5.41) is 8.35. The Hall–Kier alpha value is -6.06. The minimum atomic E-state index is -4.60. The Kier molecular flexibility index (Phi) is 11.9. The summed E-state index contributed by atoms with van der Waals surface area (Å²) in [5.41, 5.74) is 1.74. The molecule has 0 atom stereocenters. The number of hydrogen-bond donors (Lipinski definition) is 3. The van der Waals surface area contributed by atoms with Crippen LogP contribution in [-0.2, 0) is 22.6 Å². The van der Waals surface area contributed by atoms with Crippen molar-refractivity contribution in [3.05, 3.63) is 113 Å². The van der Waals surface area contributed by atoms with E-state index < -0.39 is 47.7 Å². The van der Waals surface area contributed by atoms with Gasteiger partial charge in [-0.2, -0.15) is 28.1 Å². The highest BCUT2D eigenvalue weighted by Gasteiger charge is 2.31. The summed E-state index contributed by atoms with van der Waals surface area (Å²) in [4.78, 5) is 53.4. The molecule has 0 spiro atoms. The van der Waals surface area contributed by atoms with E-state index in [9.17, 15) is 31.9 Å². The smallest absolute Gasteiger partial charge is 0.422 e. The van der Waals surface area contributed by atoms with Crippen LogP contribution in [0.1, 0.15) is 41.2 Å². The van der Waals surface area contributed by atoms with E-state index in [1.165, 1.54) is 17.0 Å². The van der Waals surface area contributed by atoms with Gasteiger partial charge in [-0.3, -0.25) is 14.4 Å². The molecule has 5 heterocycles. The van der Waals surface area contributed by atoms with E-state index in [1.807, 2.05) is 13.8 Å². The van der Waals surface area contributed by atoms with Gasteiger partial charge in [0.25, 0.3) is 5.91 Å². The lowest BCUT2D eigenvalue weighted by Crippen LogP contribution is -2.48. The summed E-state index contributed by atoms with van der Waals surface area (Å²) in [6.45, 7) is 6.45. The first-order valence-corrected chi connectivity index (χ1v) is 16.4. The molecule has 0 aliphatic carbocycles. The van der Waals surface area contributed by atoms with E-state index in [4.69, 9.17) is 9.47 Å². The fourth-order valence-electron chi connectivity index (χ4n) is 5.16. The van der Waals surface area contributed by atoms with Crippen LogP contribution in [0.4, 0.5) is 29.2 Å². The van der Waals surface area contributed by atoms with E-state index in [0.29, 0.717) is 22.4 Å². The minimum absolute atomic E-state index is 0.00215. The molecule has 278 valence electrons. The topological polar surface area (TPSA) is 148 Å². The number of amides is 3. The van der Waals surface area contributed by atoms with Crippen LogP contribution in [-0.4, -0.2) is 76.6 Å². The van der Waals surface area contributed by atoms with Crippen LogP contribution in [0.2, 0.25) is 0 Å². The van der Waals surface area contributed by atoms with Crippen molar-refractivity contribution in [3.8, 4) is 11.8 Å². The lowest BCUT2D eigenvalue weighted by Gasteiger charge is -2.33. The van der Waals surface area contributed by atoms with Gasteiger partial charge in [0.1, 0.15) is 24.0 Å². The zero-order chi connectivity index (χ0) is 38.2. The molecule has 0 saturated carbocycles. The first-order chi connectivity index (χ1) is 25.1. The van der Waals surface area contributed by atoms with E-state index in [0.717, 1.165) is 17.7 Å². The Labute approximate surface area is 302 Å². The quantitative estimate of drug-likeness (QED) is 0.144. The van der Waals surface area contributed by atoms with Crippen molar-refractivity contribution in [2.75, 3.05) is 43.5 Å². The molecule has 0 saturated heterocycles. The fraction of sp³-hybridized carbons (Fsp3) is 0.297. The number of nitrogens with zero attached hydrogens (tertiary/aromatic N) is 4. The second-order valence-electron chi connectivity index (χ2n) is 13.1. The molecule has 3 aromatic carbocycles. The number of hydrogen-bond acceptors (Lipinski definition) is 9. The molecule has 8 rings (SSSR count). The van der Waals surface area contributed by atoms with Crippen LogP contribution >= 0.6 is 0 Å². The summed E-state index contributed by atoms with van der Waals surface area (Å²) < 4.78 is 62.8. The van der Waals surface area contributed by atoms with Crippen LogP contribution in [0.25, 0.3) is 0 Å². The second-order valence-corrected chi connectivity index (χ2v) is 13.1. The number of carbonyl (C=O) groups excluding carboxylic acids is 3. The standard InChI is InChI=1S/C37H37F4N7O5/c1-23-18-48(33(51)32(50)44-28-12-10-27(38)11-13-28)21-36(2,3)20-43-31(49)26-8-4-24(5-9-26)16-30-45-34(47-35(46-30)53-22-37(39,40)41)42-17-25-6-14-29(15-7-25)52-19-23/h4-15H,1,16-22H2,2-3H3,(H,43,49)(H,44,50)(H,42,45,46,47). The molecule has 3 amide bonds. The molecule has 4 aliphatic heterocycles. The lowest BCUT2D eigenvalue weighted by molar-refractivity contribution is -0.154. The van der Waals surface area contributed by atoms with Crippen LogP contribution in [0, 0.1) is 11.2 Å². The lowest BCUT2D eigenvalue weighted by atomic mass is 9.92. The summed E-state index contributed by atoms with van der Waals surface area (Å²) >= 11 is 0. The maximum absolute atomic E-state index is 13.5. The number of halogens is 4. The molecular weight excluding hydrogens is 698 g/mol. The Balaban J connectivity index is 1.38. The highest BCUT2D eigenvalue weighted by molar-refractivity contribution is 6.39. The monoisotopic (exact) mass is 735 g/mol. The predicted molar refractivity (Wildman–Crippen MR) is 187 cm³/mol. The van der Waals surface area contributed by atoms with Gasteiger partial charge in [0, 0.05) is 43.9 Å². The molecule has 4 aliphatic rings. The zero-order valence-corrected chi connectivity index (χ0v) is 28.9. The summed E-state index contributed by atoms with van der Waals surface area (Å²) in [5.74, 6) is -2.06. The largest absolute Gasteiger partial charge is 0.489 e. The number of aromatic nitrogens is 3. The predicted octanol–water partition coefficient (Wildman–Crippen LogP) is 5.33. The number of carbonyl (C=O) groups is 3. The van der Waals surface area contributed by atoms with Crippen LogP contribution < -0.4 is 25.4 Å². The van der Waals surface area contributed by atoms with Gasteiger partial charge >= 0.3 is 24.0 Å². The van der Waals surface area contributed by atoms with Crippen LogP contribution in [0.15, 0.2) is 84.9 Å². The van der Waals surface area contributed by atoms with Gasteiger partial charge in [-0.1, -0.05) is 44.7 Å². The fourth-order valence-corrected chi connectivity index (χ4v) is 5.16. The van der Waals surface area contributed by atoms with Crippen molar-refractivity contribution in [2.45, 2.75) is 33.0 Å². The zero-order valence-electron chi connectivity index (χ0n) is 28.9. The molecule has 16 heteroatoms. The number of nitrogens with one attached hydrogen (secondary N) is 3. The van der Waals surface area contributed by atoms with Gasteiger partial charge in [0.05, 0.1) is 0 Å². The maximum atomic E-state index is 13.5. The third-order valence-electron chi connectivity index (χ3n) is 7.77. The van der Waals surface area contributed by atoms with Gasteiger partial charge in [-0.15, -0.1) is 0 Å². The van der Waals surface area contributed by atoms with Gasteiger partial charge in [-0.05, 0) is 70.6 Å². The van der Waals surface area contributed by atoms with Crippen molar-refractivity contribution >= 4 is 29.4 Å². The third-order valence-corrected chi connectivity index (χ3v) is 7.77. The number of ether oxygens (including phenoxy) is 2. The van der Waals surface area contributed by atoms with Crippen molar-refractivity contribution in [2.24, 2.45) is 5.41 Å². The highest BCUT2D eigenvalue weighted by atomic mass is 19.4. The van der Waals surface area contributed by atoms with Crippen molar-refractivity contribution < 1.29 is 41.4 Å². The van der Waals surface area contributed by atoms with Gasteiger partial charge in [0.2, 0.25) is 5.95 Å². The summed E-state index contributed by atoms with van der Waals surface area (Å²) in [6.07, 6.45) is -4.50. The average Bonchev–Trinajstić information content (AvgIpc) is 3.11. The average molecular weight is 736 g/mol. The van der Waals surface area contributed by atoms with Gasteiger partial charge < -0.3 is 30.3 Å². The Morgan fingerprint density at radius 1 is 0.962 bits per heavy atom. The highest BCUT2D eigenvalue weighted by Crippen LogP contribution is 2.21. The number of rotatable bonds is 3. The Morgan fingerprint density at radius 3 is 2.32 bits per heavy atom. The molecule has 0 radical (unpaired) electrons. The molecule has 12 nitrogen and oxygen atoms in total. The Bertz CT molecular complexity index is 1940. The minimum Gasteiger partial charge on any atom is -0.489 e. The molecule has 3 N–H and O–H groups in total. The molecule has 1 aromatic heterocycles. The molecule has 0 fully saturated rings. The van der Waals surface area contributed by atoms with Crippen molar-refractivity contribution in [3.63, 3.8) is 0 Å². The SMILES string of the molecule is C=C1COc2ccc(cc2)CNc2nc(nc(OCC(F)(F)F)n2)Cc2ccc(cc2)C(=O)NCC(C)(C)CN(C(=O)C(=O)Nc2ccc(F)cc2)C1. The van der Waals surface area contributed by atoms with E-state index in [1.54, 1.807) is 48.5 Å². The van der Waals surface area contributed by atoms with Crippen molar-refractivity contribution in [1.29, 1.82) is 0 Å². The van der Waals surface area contributed by atoms with Crippen molar-refractivity contribution in [1.82, 2.24) is 25.2 Å². The first-order valence-electron chi connectivity index (χ1n) is 16.4. The van der Waals surface area contributed by atoms with E-state index >= 15 is 0 Å². The third kappa shape index (κ3) is 11.7. The molecule has 53 heavy (non-hydrogen) atoms. The second kappa shape index (κ2) is 16.5. The van der Waals surface area contributed by atoms with Gasteiger partial charge in [-0.25, -0.2) is 4.39 Å². The molecule has 0 unspecified atom stereocenters. The first kappa shape index (κ1) is 38.2. The summed E-state index contributed by atoms with van der Waals surface area (Å²) in [7, 11) is 0. The Morgan fingerprint density at radius 2 is 1.64 bits per heavy atom. The van der Waals surface area contributed by atoms with Crippen LogP contribution in [0.3, 0.4) is 0 Å². The molecule has 4 aromatic rings. The molecular formula is C37H37F4N7O5.